The summed E-state index contributed by atoms with van der Waals surface area (Å²) in [6.07, 6.45) is -0.696. The van der Waals surface area contributed by atoms with E-state index in [0.29, 0.717) is 5.56 Å². The molecule has 0 heterocycles. The first-order chi connectivity index (χ1) is 7.69. The highest BCUT2D eigenvalue weighted by Gasteiger charge is 2.17. The largest absolute Gasteiger partial charge is 0.506 e. The summed E-state index contributed by atoms with van der Waals surface area (Å²) < 4.78 is 18.1. The predicted molar refractivity (Wildman–Crippen MR) is 62.7 cm³/mol. The molecular weight excluding hydrogens is 225 g/mol. The zero-order valence-corrected chi connectivity index (χ0v) is 10.3. The van der Waals surface area contributed by atoms with Gasteiger partial charge in [-0.05, 0) is 39.3 Å². The smallest absolute Gasteiger partial charge is 0.412 e. The Bertz CT molecular complexity index is 438. The summed E-state index contributed by atoms with van der Waals surface area (Å²) in [7, 11) is 0. The van der Waals surface area contributed by atoms with Gasteiger partial charge in [-0.25, -0.2) is 9.18 Å². The molecule has 1 aromatic carbocycles. The van der Waals surface area contributed by atoms with Crippen LogP contribution in [0.4, 0.5) is 14.9 Å². The maximum absolute atomic E-state index is 13.1. The zero-order chi connectivity index (χ0) is 13.2. The summed E-state index contributed by atoms with van der Waals surface area (Å²) in [4.78, 5) is 11.4. The third-order valence-electron chi connectivity index (χ3n) is 1.91. The van der Waals surface area contributed by atoms with E-state index in [1.54, 1.807) is 20.8 Å². The third-order valence-corrected chi connectivity index (χ3v) is 1.91. The molecule has 0 radical (unpaired) electrons. The number of carbonyl (C=O) groups excluding carboxylic acids is 1. The van der Waals surface area contributed by atoms with Crippen LogP contribution in [-0.2, 0) is 4.74 Å². The van der Waals surface area contributed by atoms with Crippen molar-refractivity contribution in [2.75, 3.05) is 5.32 Å². The Morgan fingerprint density at radius 2 is 2.00 bits per heavy atom. The number of phenolic OH excluding ortho intramolecular Hbond substituents is 1. The van der Waals surface area contributed by atoms with Crippen LogP contribution in [0.3, 0.4) is 0 Å². The molecule has 0 aliphatic heterocycles. The van der Waals surface area contributed by atoms with Crippen molar-refractivity contribution in [3.63, 3.8) is 0 Å². The number of anilines is 1. The van der Waals surface area contributed by atoms with E-state index in [2.05, 4.69) is 5.32 Å². The van der Waals surface area contributed by atoms with Crippen molar-refractivity contribution >= 4 is 11.8 Å². The molecule has 0 spiro atoms. The fourth-order valence-corrected chi connectivity index (χ4v) is 1.18. The Morgan fingerprint density at radius 3 is 2.53 bits per heavy atom. The van der Waals surface area contributed by atoms with Crippen LogP contribution in [0.25, 0.3) is 0 Å². The second-order valence-corrected chi connectivity index (χ2v) is 4.75. The molecule has 0 saturated heterocycles. The lowest BCUT2D eigenvalue weighted by atomic mass is 10.2. The van der Waals surface area contributed by atoms with Crippen LogP contribution in [0.2, 0.25) is 0 Å². The van der Waals surface area contributed by atoms with Gasteiger partial charge in [0.1, 0.15) is 17.2 Å². The van der Waals surface area contributed by atoms with Crippen molar-refractivity contribution in [1.82, 2.24) is 0 Å². The summed E-state index contributed by atoms with van der Waals surface area (Å²) in [6.45, 7) is 6.71. The summed E-state index contributed by atoms with van der Waals surface area (Å²) >= 11 is 0. The van der Waals surface area contributed by atoms with Gasteiger partial charge >= 0.3 is 6.09 Å². The molecule has 2 N–H and O–H groups in total. The summed E-state index contributed by atoms with van der Waals surface area (Å²) in [5.74, 6) is -0.865. The lowest BCUT2D eigenvalue weighted by Crippen LogP contribution is -2.27. The highest BCUT2D eigenvalue weighted by atomic mass is 19.1. The average Bonchev–Trinajstić information content (AvgIpc) is 2.11. The first kappa shape index (κ1) is 13.3. The number of hydrogen-bond donors (Lipinski definition) is 2. The lowest BCUT2D eigenvalue weighted by molar-refractivity contribution is 0.0635. The minimum atomic E-state index is -0.696. The van der Waals surface area contributed by atoms with Crippen molar-refractivity contribution in [2.45, 2.75) is 33.3 Å². The molecular formula is C12H16FNO3. The fraction of sp³-hybridized carbons (Fsp3) is 0.417. The van der Waals surface area contributed by atoms with Gasteiger partial charge in [-0.2, -0.15) is 0 Å². The third kappa shape index (κ3) is 3.94. The van der Waals surface area contributed by atoms with Crippen molar-refractivity contribution < 1.29 is 19.0 Å². The van der Waals surface area contributed by atoms with Gasteiger partial charge in [0.15, 0.2) is 0 Å². The topological polar surface area (TPSA) is 58.6 Å². The van der Waals surface area contributed by atoms with Gasteiger partial charge in [-0.3, -0.25) is 5.32 Å². The molecule has 0 aliphatic rings. The number of carbonyl (C=O) groups is 1. The van der Waals surface area contributed by atoms with E-state index in [4.69, 9.17) is 4.74 Å². The molecule has 0 atom stereocenters. The van der Waals surface area contributed by atoms with Crippen LogP contribution in [0.5, 0.6) is 5.75 Å². The number of amides is 1. The number of aromatic hydroxyl groups is 1. The van der Waals surface area contributed by atoms with Gasteiger partial charge in [-0.15, -0.1) is 0 Å². The number of nitrogens with one attached hydrogen (secondary N) is 1. The maximum Gasteiger partial charge on any atom is 0.412 e. The van der Waals surface area contributed by atoms with Gasteiger partial charge in [0.25, 0.3) is 0 Å². The molecule has 0 fully saturated rings. The average molecular weight is 241 g/mol. The van der Waals surface area contributed by atoms with Crippen molar-refractivity contribution in [3.8, 4) is 5.75 Å². The monoisotopic (exact) mass is 241 g/mol. The molecule has 5 heteroatoms. The van der Waals surface area contributed by atoms with E-state index in [-0.39, 0.29) is 11.4 Å². The quantitative estimate of drug-likeness (QED) is 0.742. The number of rotatable bonds is 1. The summed E-state index contributed by atoms with van der Waals surface area (Å²) in [6, 6.07) is 2.29. The molecule has 4 nitrogen and oxygen atoms in total. The maximum atomic E-state index is 13.1. The zero-order valence-electron chi connectivity index (χ0n) is 10.3. The van der Waals surface area contributed by atoms with Gasteiger partial charge in [0.2, 0.25) is 0 Å². The number of aryl methyl sites for hydroxylation is 1. The van der Waals surface area contributed by atoms with E-state index < -0.39 is 17.5 Å². The predicted octanol–water partition coefficient (Wildman–Crippen LogP) is 3.19. The van der Waals surface area contributed by atoms with Crippen molar-refractivity contribution in [1.29, 1.82) is 0 Å². The highest BCUT2D eigenvalue weighted by Crippen LogP contribution is 2.26. The highest BCUT2D eigenvalue weighted by molar-refractivity contribution is 5.87. The molecule has 0 bridgehead atoms. The Hall–Kier alpha value is -1.78. The first-order valence-electron chi connectivity index (χ1n) is 5.18. The van der Waals surface area contributed by atoms with Crippen LogP contribution in [0.1, 0.15) is 26.3 Å². The number of halogens is 1. The first-order valence-corrected chi connectivity index (χ1v) is 5.18. The van der Waals surface area contributed by atoms with Crippen LogP contribution < -0.4 is 5.32 Å². The van der Waals surface area contributed by atoms with Gasteiger partial charge in [-0.1, -0.05) is 0 Å². The molecule has 17 heavy (non-hydrogen) atoms. The van der Waals surface area contributed by atoms with E-state index in [9.17, 15) is 14.3 Å². The summed E-state index contributed by atoms with van der Waals surface area (Å²) in [5.41, 5.74) is -0.179. The van der Waals surface area contributed by atoms with Gasteiger partial charge in [0, 0.05) is 6.07 Å². The number of benzene rings is 1. The Morgan fingerprint density at radius 1 is 1.41 bits per heavy atom. The van der Waals surface area contributed by atoms with Gasteiger partial charge in [0.05, 0.1) is 5.69 Å². The van der Waals surface area contributed by atoms with Crippen LogP contribution in [0.15, 0.2) is 12.1 Å². The normalized spacial score (nSPS) is 11.1. The summed E-state index contributed by atoms with van der Waals surface area (Å²) in [5, 5.41) is 11.8. The second kappa shape index (κ2) is 4.61. The standard InChI is InChI=1S/C12H16FNO3/c1-7-5-9(10(15)6-8(7)13)14-11(16)17-12(2,3)4/h5-6,15H,1-4H3,(H,14,16). The van der Waals surface area contributed by atoms with Crippen molar-refractivity contribution in [2.24, 2.45) is 0 Å². The van der Waals surface area contributed by atoms with E-state index in [0.717, 1.165) is 6.07 Å². The van der Waals surface area contributed by atoms with E-state index in [1.165, 1.54) is 13.0 Å². The van der Waals surface area contributed by atoms with Crippen molar-refractivity contribution in [3.05, 3.63) is 23.5 Å². The minimum absolute atomic E-state index is 0.123. The van der Waals surface area contributed by atoms with Gasteiger partial charge < -0.3 is 9.84 Å². The molecule has 1 amide bonds. The number of phenols is 1. The molecule has 1 aromatic rings. The molecule has 0 saturated carbocycles. The number of hydrogen-bond acceptors (Lipinski definition) is 3. The molecule has 0 aliphatic carbocycles. The molecule has 0 unspecified atom stereocenters. The van der Waals surface area contributed by atoms with Crippen LogP contribution in [-0.4, -0.2) is 16.8 Å². The second-order valence-electron chi connectivity index (χ2n) is 4.75. The minimum Gasteiger partial charge on any atom is -0.506 e. The Labute approximate surface area is 99.4 Å². The fourth-order valence-electron chi connectivity index (χ4n) is 1.18. The molecule has 0 aromatic heterocycles. The number of ether oxygens (including phenoxy) is 1. The van der Waals surface area contributed by atoms with E-state index in [1.807, 2.05) is 0 Å². The molecule has 94 valence electrons. The lowest BCUT2D eigenvalue weighted by Gasteiger charge is -2.20. The SMILES string of the molecule is Cc1cc(NC(=O)OC(C)(C)C)c(O)cc1F. The Balaban J connectivity index is 2.82. The Kier molecular flexibility index (Phi) is 3.60. The van der Waals surface area contributed by atoms with Crippen LogP contribution in [0, 0.1) is 12.7 Å². The molecule has 1 rings (SSSR count). The van der Waals surface area contributed by atoms with Crippen LogP contribution >= 0.6 is 0 Å². The van der Waals surface area contributed by atoms with E-state index >= 15 is 0 Å².